The fourth-order valence-electron chi connectivity index (χ4n) is 6.50. The number of hydrogen-bond acceptors (Lipinski definition) is 10. The number of ether oxygens (including phenoxy) is 4. The Kier molecular flexibility index (Phi) is 10.9. The first kappa shape index (κ1) is 40.2. The van der Waals surface area contributed by atoms with Crippen molar-refractivity contribution in [3.63, 3.8) is 0 Å². The van der Waals surface area contributed by atoms with Gasteiger partial charge in [-0.25, -0.2) is 19.2 Å². The van der Waals surface area contributed by atoms with Crippen LogP contribution in [0.2, 0.25) is 0 Å². The summed E-state index contributed by atoms with van der Waals surface area (Å²) in [5.74, 6) is -13.4. The van der Waals surface area contributed by atoms with Crippen LogP contribution in [0.25, 0.3) is 11.1 Å². The van der Waals surface area contributed by atoms with E-state index >= 15 is 17.6 Å². The minimum absolute atomic E-state index is 0.220. The number of esters is 2. The molecule has 0 aromatic heterocycles. The molecule has 2 saturated heterocycles. The molecule has 12 nitrogen and oxygen atoms in total. The second-order valence-electron chi connectivity index (χ2n) is 15.4. The van der Waals surface area contributed by atoms with Gasteiger partial charge in [-0.3, -0.25) is 19.4 Å². The largest absolute Gasteiger partial charge is 0.456 e. The molecule has 0 spiro atoms. The predicted molar refractivity (Wildman–Crippen MR) is 182 cm³/mol. The van der Waals surface area contributed by atoms with Gasteiger partial charge in [-0.05, 0) is 90.5 Å². The zero-order valence-corrected chi connectivity index (χ0v) is 30.8. The van der Waals surface area contributed by atoms with Crippen molar-refractivity contribution in [3.8, 4) is 11.1 Å². The molecule has 0 N–H and O–H groups in total. The quantitative estimate of drug-likeness (QED) is 0.122. The third-order valence-corrected chi connectivity index (χ3v) is 9.04. The van der Waals surface area contributed by atoms with Crippen molar-refractivity contribution in [1.82, 2.24) is 9.80 Å². The molecule has 2 aromatic rings. The minimum Gasteiger partial charge on any atom is -0.456 e. The van der Waals surface area contributed by atoms with Gasteiger partial charge in [0, 0.05) is 35.3 Å². The number of Topliss-reactive ketones (excluding diaryl/α,β-unsaturated/α-hetero) is 2. The molecule has 2 heterocycles. The number of alkyl halides is 4. The molecule has 5 rings (SSSR count). The number of benzene rings is 2. The topological polar surface area (TPSA) is 146 Å². The van der Waals surface area contributed by atoms with E-state index in [2.05, 4.69) is 0 Å². The Hall–Kier alpha value is -5.02. The van der Waals surface area contributed by atoms with Crippen LogP contribution in [0.4, 0.5) is 27.2 Å². The number of halogens is 4. The summed E-state index contributed by atoms with van der Waals surface area (Å²) in [6.45, 7) is 8.59. The van der Waals surface area contributed by atoms with Crippen LogP contribution in [0, 0.1) is 0 Å². The van der Waals surface area contributed by atoms with E-state index in [4.69, 9.17) is 18.9 Å². The van der Waals surface area contributed by atoms with E-state index in [0.29, 0.717) is 25.0 Å². The molecule has 2 aliphatic heterocycles. The van der Waals surface area contributed by atoms with Crippen LogP contribution >= 0.6 is 0 Å². The summed E-state index contributed by atoms with van der Waals surface area (Å²) in [5.41, 5.74) is -5.42. The Balaban J connectivity index is 1.28. The van der Waals surface area contributed by atoms with Crippen molar-refractivity contribution in [3.05, 3.63) is 58.7 Å². The maximum Gasteiger partial charge on any atom is 0.411 e. The Morgan fingerprint density at radius 2 is 0.981 bits per heavy atom. The molecule has 0 unspecified atom stereocenters. The molecule has 54 heavy (non-hydrogen) atoms. The summed E-state index contributed by atoms with van der Waals surface area (Å²) in [4.78, 5) is 79.0. The number of rotatable bonds is 8. The molecule has 292 valence electrons. The number of nitrogens with zero attached hydrogens (tertiary/aromatic N) is 2. The highest BCUT2D eigenvalue weighted by atomic mass is 19.3. The summed E-state index contributed by atoms with van der Waals surface area (Å²) >= 11 is 0. The molecule has 2 fully saturated rings. The molecule has 16 heteroatoms. The maximum absolute atomic E-state index is 15.6. The third kappa shape index (κ3) is 8.21. The molecule has 0 radical (unpaired) electrons. The lowest BCUT2D eigenvalue weighted by molar-refractivity contribution is -0.225. The van der Waals surface area contributed by atoms with E-state index in [1.165, 1.54) is 9.80 Å². The van der Waals surface area contributed by atoms with Gasteiger partial charge in [0.25, 0.3) is 0 Å². The van der Waals surface area contributed by atoms with Crippen LogP contribution in [0.3, 0.4) is 0 Å². The molecular weight excluding hydrogens is 720 g/mol. The van der Waals surface area contributed by atoms with Gasteiger partial charge in [-0.15, -0.1) is 0 Å². The maximum atomic E-state index is 15.6. The monoisotopic (exact) mass is 762 g/mol. The Labute approximate surface area is 309 Å². The Morgan fingerprint density at radius 1 is 0.630 bits per heavy atom. The van der Waals surface area contributed by atoms with E-state index in [9.17, 15) is 28.8 Å². The summed E-state index contributed by atoms with van der Waals surface area (Å²) in [5, 5.41) is 0. The fraction of sp³-hybridized carbons (Fsp3) is 0.526. The van der Waals surface area contributed by atoms with Crippen LogP contribution < -0.4 is 0 Å². The van der Waals surface area contributed by atoms with Crippen LogP contribution in [-0.2, 0) is 40.4 Å². The number of fused-ring (bicyclic) bond motifs is 3. The van der Waals surface area contributed by atoms with E-state index in [-0.39, 0.29) is 37.1 Å². The zero-order valence-electron chi connectivity index (χ0n) is 30.8. The number of likely N-dealkylation sites (tertiary alicyclic amines) is 2. The van der Waals surface area contributed by atoms with Gasteiger partial charge in [0.1, 0.15) is 23.3 Å². The number of carbonyl (C=O) groups excluding carboxylic acids is 6. The van der Waals surface area contributed by atoms with E-state index in [1.807, 2.05) is 0 Å². The number of hydrogen-bond donors (Lipinski definition) is 0. The summed E-state index contributed by atoms with van der Waals surface area (Å²) in [6, 6.07) is 3.57. The summed E-state index contributed by atoms with van der Waals surface area (Å²) < 4.78 is 83.4. The minimum atomic E-state index is -4.85. The van der Waals surface area contributed by atoms with E-state index < -0.39 is 106 Å². The molecule has 1 aliphatic carbocycles. The highest BCUT2D eigenvalue weighted by molar-refractivity contribution is 6.01. The SMILES string of the molecule is CC(C)(C)OC(=O)N1CCC[C@H]1C(=O)OCC(=O)c1ccc2c(c1)C(F)(F)C(F)(F)c1cc(C(=O)COC(=O)[C@@H]3CCCN3C(=O)OC(C)(C)C)ccc1-2. The average Bonchev–Trinajstić information content (AvgIpc) is 3.78. The molecular formula is C38H42F4N2O10. The Morgan fingerprint density at radius 3 is 1.31 bits per heavy atom. The van der Waals surface area contributed by atoms with Crippen LogP contribution in [0.15, 0.2) is 36.4 Å². The first-order valence-corrected chi connectivity index (χ1v) is 17.5. The molecule has 3 aliphatic rings. The van der Waals surface area contributed by atoms with Crippen molar-refractivity contribution in [2.45, 2.75) is 102 Å². The van der Waals surface area contributed by atoms with Crippen molar-refractivity contribution in [2.24, 2.45) is 0 Å². The van der Waals surface area contributed by atoms with Gasteiger partial charge >= 0.3 is 36.0 Å². The number of ketones is 2. The molecule has 2 aromatic carbocycles. The first-order valence-electron chi connectivity index (χ1n) is 17.5. The lowest BCUT2D eigenvalue weighted by atomic mass is 9.79. The molecule has 0 bridgehead atoms. The molecule has 2 atom stereocenters. The van der Waals surface area contributed by atoms with E-state index in [0.717, 1.165) is 24.3 Å². The van der Waals surface area contributed by atoms with Crippen molar-refractivity contribution >= 4 is 35.7 Å². The first-order chi connectivity index (χ1) is 25.0. The second-order valence-corrected chi connectivity index (χ2v) is 15.4. The van der Waals surface area contributed by atoms with Gasteiger partial charge < -0.3 is 18.9 Å². The zero-order chi connectivity index (χ0) is 40.0. The van der Waals surface area contributed by atoms with Crippen molar-refractivity contribution in [2.75, 3.05) is 26.3 Å². The van der Waals surface area contributed by atoms with Crippen LogP contribution in [-0.4, -0.2) is 95.1 Å². The Bertz CT molecular complexity index is 1730. The lowest BCUT2D eigenvalue weighted by Gasteiger charge is -2.35. The molecule has 2 amide bonds. The van der Waals surface area contributed by atoms with Gasteiger partial charge in [-0.1, -0.05) is 24.3 Å². The number of carbonyl (C=O) groups is 6. The smallest absolute Gasteiger partial charge is 0.411 e. The van der Waals surface area contributed by atoms with Gasteiger partial charge in [0.15, 0.2) is 24.8 Å². The normalized spacial score (nSPS) is 20.0. The van der Waals surface area contributed by atoms with Crippen LogP contribution in [0.1, 0.15) is 99.1 Å². The summed E-state index contributed by atoms with van der Waals surface area (Å²) in [6.07, 6.45) is -0.0266. The van der Waals surface area contributed by atoms with Gasteiger partial charge in [0.05, 0.1) is 0 Å². The van der Waals surface area contributed by atoms with E-state index in [1.54, 1.807) is 41.5 Å². The highest BCUT2D eigenvalue weighted by Crippen LogP contribution is 2.58. The number of amides is 2. The predicted octanol–water partition coefficient (Wildman–Crippen LogP) is 6.80. The second kappa shape index (κ2) is 14.7. The van der Waals surface area contributed by atoms with Crippen LogP contribution in [0.5, 0.6) is 0 Å². The lowest BCUT2D eigenvalue weighted by Crippen LogP contribution is -2.44. The summed E-state index contributed by atoms with van der Waals surface area (Å²) in [7, 11) is 0. The third-order valence-electron chi connectivity index (χ3n) is 9.04. The highest BCUT2D eigenvalue weighted by Gasteiger charge is 2.63. The van der Waals surface area contributed by atoms with Crippen molar-refractivity contribution in [1.29, 1.82) is 0 Å². The standard InChI is InChI=1S/C38H42F4N2O10/c1-35(2,3)53-33(49)43-15-7-9-27(43)31(47)51-19-29(45)21-11-13-23-24-14-12-22(18-26(24)38(41,42)37(39,40)25(23)17-21)30(46)20-52-32(48)28-10-8-16-44(28)34(50)54-36(4,5)6/h11-14,17-18,27-28H,7-10,15-16,19-20H2,1-6H3/t27-,28-/m0/s1. The van der Waals surface area contributed by atoms with Gasteiger partial charge in [0.2, 0.25) is 0 Å². The van der Waals surface area contributed by atoms with Gasteiger partial charge in [-0.2, -0.15) is 17.6 Å². The fourth-order valence-corrected chi connectivity index (χ4v) is 6.50. The van der Waals surface area contributed by atoms with Crippen molar-refractivity contribution < 1.29 is 65.3 Å². The average molecular weight is 763 g/mol. The molecule has 0 saturated carbocycles.